The van der Waals surface area contributed by atoms with Gasteiger partial charge in [0.25, 0.3) is 0 Å². The number of nitrogens with two attached hydrogens (primary N) is 1. The van der Waals surface area contributed by atoms with Crippen LogP contribution >= 0.6 is 0 Å². The standard InChI is InChI=1S/C12H17N3O/c1-3-11-14-12(9(13)7-16)10-5-4-8(2)6-15(10)11/h4-6,9,16H,3,7,13H2,1-2H3. The maximum atomic E-state index is 9.11. The first-order valence-corrected chi connectivity index (χ1v) is 5.51. The van der Waals surface area contributed by atoms with Crippen molar-refractivity contribution in [2.24, 2.45) is 5.73 Å². The Morgan fingerprint density at radius 2 is 2.25 bits per heavy atom. The van der Waals surface area contributed by atoms with Crippen molar-refractivity contribution in [2.75, 3.05) is 6.61 Å². The van der Waals surface area contributed by atoms with Crippen molar-refractivity contribution in [3.05, 3.63) is 35.4 Å². The molecule has 0 bridgehead atoms. The molecular weight excluding hydrogens is 202 g/mol. The zero-order valence-electron chi connectivity index (χ0n) is 9.64. The fourth-order valence-electron chi connectivity index (χ4n) is 1.89. The smallest absolute Gasteiger partial charge is 0.113 e. The Bertz CT molecular complexity index is 504. The van der Waals surface area contributed by atoms with Crippen molar-refractivity contribution in [3.8, 4) is 0 Å². The number of fused-ring (bicyclic) bond motifs is 1. The SMILES string of the molecule is CCc1nc(C(N)CO)c2ccc(C)cn12. The minimum Gasteiger partial charge on any atom is -0.394 e. The van der Waals surface area contributed by atoms with Gasteiger partial charge in [-0.1, -0.05) is 13.0 Å². The number of aliphatic hydroxyl groups excluding tert-OH is 1. The van der Waals surface area contributed by atoms with Crippen LogP contribution < -0.4 is 5.73 Å². The minimum absolute atomic E-state index is 0.0797. The second-order valence-electron chi connectivity index (χ2n) is 4.02. The first-order valence-electron chi connectivity index (χ1n) is 5.51. The molecule has 0 aliphatic carbocycles. The Morgan fingerprint density at radius 1 is 1.50 bits per heavy atom. The van der Waals surface area contributed by atoms with Gasteiger partial charge in [-0.2, -0.15) is 0 Å². The van der Waals surface area contributed by atoms with E-state index in [9.17, 15) is 0 Å². The summed E-state index contributed by atoms with van der Waals surface area (Å²) in [5.74, 6) is 0.984. The van der Waals surface area contributed by atoms with E-state index < -0.39 is 6.04 Å². The third-order valence-corrected chi connectivity index (χ3v) is 2.75. The lowest BCUT2D eigenvalue weighted by Gasteiger charge is -2.05. The van der Waals surface area contributed by atoms with E-state index in [0.29, 0.717) is 0 Å². The van der Waals surface area contributed by atoms with Gasteiger partial charge in [-0.15, -0.1) is 0 Å². The predicted octanol–water partition coefficient (Wildman–Crippen LogP) is 1.20. The van der Waals surface area contributed by atoms with E-state index in [0.717, 1.165) is 23.5 Å². The van der Waals surface area contributed by atoms with Crippen molar-refractivity contribution >= 4 is 5.52 Å². The highest BCUT2D eigenvalue weighted by molar-refractivity contribution is 5.55. The van der Waals surface area contributed by atoms with E-state index in [1.54, 1.807) is 0 Å². The second-order valence-corrected chi connectivity index (χ2v) is 4.02. The summed E-state index contributed by atoms with van der Waals surface area (Å²) < 4.78 is 2.06. The van der Waals surface area contributed by atoms with Crippen LogP contribution in [0.5, 0.6) is 0 Å². The summed E-state index contributed by atoms with van der Waals surface area (Å²) in [5, 5.41) is 9.11. The van der Waals surface area contributed by atoms with Crippen LogP contribution in [-0.4, -0.2) is 21.1 Å². The highest BCUT2D eigenvalue weighted by atomic mass is 16.3. The number of hydrogen-bond acceptors (Lipinski definition) is 3. The molecule has 1 unspecified atom stereocenters. The van der Waals surface area contributed by atoms with E-state index in [-0.39, 0.29) is 6.61 Å². The molecule has 1 atom stereocenters. The number of aliphatic hydroxyl groups is 1. The van der Waals surface area contributed by atoms with E-state index in [4.69, 9.17) is 10.8 Å². The van der Waals surface area contributed by atoms with Crippen molar-refractivity contribution in [1.29, 1.82) is 0 Å². The Hall–Kier alpha value is -1.39. The van der Waals surface area contributed by atoms with Gasteiger partial charge in [0.15, 0.2) is 0 Å². The highest BCUT2D eigenvalue weighted by Crippen LogP contribution is 2.19. The molecule has 2 aromatic rings. The lowest BCUT2D eigenvalue weighted by molar-refractivity contribution is 0.266. The Balaban J connectivity index is 2.67. The van der Waals surface area contributed by atoms with Crippen LogP contribution in [0.15, 0.2) is 18.3 Å². The minimum atomic E-state index is -0.405. The topological polar surface area (TPSA) is 63.5 Å². The average Bonchev–Trinajstić information content (AvgIpc) is 2.66. The van der Waals surface area contributed by atoms with Crippen molar-refractivity contribution < 1.29 is 5.11 Å². The summed E-state index contributed by atoms with van der Waals surface area (Å²) in [4.78, 5) is 4.50. The Kier molecular flexibility index (Phi) is 2.94. The average molecular weight is 219 g/mol. The number of nitrogens with zero attached hydrogens (tertiary/aromatic N) is 2. The van der Waals surface area contributed by atoms with Crippen LogP contribution in [0.2, 0.25) is 0 Å². The highest BCUT2D eigenvalue weighted by Gasteiger charge is 2.15. The van der Waals surface area contributed by atoms with Gasteiger partial charge in [0, 0.05) is 12.6 Å². The molecule has 0 fully saturated rings. The number of hydrogen-bond donors (Lipinski definition) is 2. The van der Waals surface area contributed by atoms with Gasteiger partial charge in [0.2, 0.25) is 0 Å². The van der Waals surface area contributed by atoms with Gasteiger partial charge in [0.1, 0.15) is 5.82 Å². The molecule has 0 aliphatic rings. The molecule has 4 heteroatoms. The molecule has 0 saturated heterocycles. The molecule has 0 amide bonds. The summed E-state index contributed by atoms with van der Waals surface area (Å²) in [5.41, 5.74) is 8.79. The summed E-state index contributed by atoms with van der Waals surface area (Å²) in [6, 6.07) is 3.63. The molecule has 2 rings (SSSR count). The number of imidazole rings is 1. The molecular formula is C12H17N3O. The Labute approximate surface area is 94.7 Å². The van der Waals surface area contributed by atoms with Gasteiger partial charge in [-0.05, 0) is 18.6 Å². The van der Waals surface area contributed by atoms with Crippen LogP contribution in [0.25, 0.3) is 5.52 Å². The van der Waals surface area contributed by atoms with E-state index in [1.165, 1.54) is 5.56 Å². The van der Waals surface area contributed by atoms with Crippen LogP contribution in [0, 0.1) is 6.92 Å². The molecule has 3 N–H and O–H groups in total. The molecule has 2 aromatic heterocycles. The summed E-state index contributed by atoms with van der Waals surface area (Å²) in [7, 11) is 0. The number of aryl methyl sites for hydroxylation is 2. The third-order valence-electron chi connectivity index (χ3n) is 2.75. The fraction of sp³-hybridized carbons (Fsp3) is 0.417. The Morgan fingerprint density at radius 3 is 2.88 bits per heavy atom. The third kappa shape index (κ3) is 1.70. The molecule has 0 spiro atoms. The van der Waals surface area contributed by atoms with Gasteiger partial charge < -0.3 is 15.2 Å². The van der Waals surface area contributed by atoms with Crippen molar-refractivity contribution in [2.45, 2.75) is 26.3 Å². The molecule has 4 nitrogen and oxygen atoms in total. The molecule has 0 radical (unpaired) electrons. The van der Waals surface area contributed by atoms with E-state index >= 15 is 0 Å². The normalized spacial score (nSPS) is 13.2. The molecule has 0 aliphatic heterocycles. The second kappa shape index (κ2) is 4.23. The zero-order valence-corrected chi connectivity index (χ0v) is 9.64. The van der Waals surface area contributed by atoms with Gasteiger partial charge in [0.05, 0.1) is 23.9 Å². The molecule has 2 heterocycles. The molecule has 0 saturated carbocycles. The number of rotatable bonds is 3. The predicted molar refractivity (Wildman–Crippen MR) is 63.3 cm³/mol. The largest absolute Gasteiger partial charge is 0.394 e. The summed E-state index contributed by atoms with van der Waals surface area (Å²) in [6.07, 6.45) is 2.90. The number of pyridine rings is 1. The molecule has 0 aromatic carbocycles. The van der Waals surface area contributed by atoms with Crippen molar-refractivity contribution in [1.82, 2.24) is 9.38 Å². The molecule has 86 valence electrons. The van der Waals surface area contributed by atoms with Gasteiger partial charge in [-0.25, -0.2) is 4.98 Å². The quantitative estimate of drug-likeness (QED) is 0.815. The van der Waals surface area contributed by atoms with Crippen LogP contribution in [0.4, 0.5) is 0 Å². The van der Waals surface area contributed by atoms with Gasteiger partial charge in [-0.3, -0.25) is 0 Å². The van der Waals surface area contributed by atoms with E-state index in [2.05, 4.69) is 22.5 Å². The number of aromatic nitrogens is 2. The van der Waals surface area contributed by atoms with Gasteiger partial charge >= 0.3 is 0 Å². The monoisotopic (exact) mass is 219 g/mol. The van der Waals surface area contributed by atoms with Crippen molar-refractivity contribution in [3.63, 3.8) is 0 Å². The molecule has 16 heavy (non-hydrogen) atoms. The maximum absolute atomic E-state index is 9.11. The fourth-order valence-corrected chi connectivity index (χ4v) is 1.89. The van der Waals surface area contributed by atoms with Crippen LogP contribution in [0.1, 0.15) is 30.0 Å². The summed E-state index contributed by atoms with van der Waals surface area (Å²) in [6.45, 7) is 4.03. The maximum Gasteiger partial charge on any atom is 0.113 e. The first kappa shape index (κ1) is 11.1. The van der Waals surface area contributed by atoms with Crippen LogP contribution in [0.3, 0.4) is 0 Å². The lowest BCUT2D eigenvalue weighted by atomic mass is 10.2. The van der Waals surface area contributed by atoms with E-state index in [1.807, 2.05) is 19.1 Å². The summed E-state index contributed by atoms with van der Waals surface area (Å²) >= 11 is 0. The van der Waals surface area contributed by atoms with Crippen LogP contribution in [-0.2, 0) is 6.42 Å². The first-order chi connectivity index (χ1) is 7.67. The zero-order chi connectivity index (χ0) is 11.7. The lowest BCUT2D eigenvalue weighted by Crippen LogP contribution is -2.15.